The highest BCUT2D eigenvalue weighted by molar-refractivity contribution is 7.46. The van der Waals surface area contributed by atoms with E-state index in [1.165, 1.54) is 103 Å². The number of ether oxygens (including phenoxy) is 2. The summed E-state index contributed by atoms with van der Waals surface area (Å²) in [5, 5.41) is 0. The van der Waals surface area contributed by atoms with Gasteiger partial charge in [-0.05, 0) is 18.8 Å². The van der Waals surface area contributed by atoms with Crippen LogP contribution in [0.2, 0.25) is 0 Å². The SMILES string of the molecule is CCCCCCCCCC(=O)O[C@H](COC(=O)CCCCCCCCCCCCCCCCC(C)CC)COP(=O)(O)O. The molecular weight excluding hydrogens is 567 g/mol. The topological polar surface area (TPSA) is 119 Å². The molecule has 43 heavy (non-hydrogen) atoms. The van der Waals surface area contributed by atoms with E-state index in [1.807, 2.05) is 0 Å². The van der Waals surface area contributed by atoms with Crippen molar-refractivity contribution in [2.75, 3.05) is 13.2 Å². The molecule has 0 aliphatic carbocycles. The highest BCUT2D eigenvalue weighted by Gasteiger charge is 2.22. The minimum absolute atomic E-state index is 0.215. The number of rotatable bonds is 32. The molecule has 0 amide bonds. The smallest absolute Gasteiger partial charge is 0.462 e. The van der Waals surface area contributed by atoms with Gasteiger partial charge in [0, 0.05) is 12.8 Å². The van der Waals surface area contributed by atoms with Crippen molar-refractivity contribution in [2.45, 2.75) is 187 Å². The molecule has 0 rings (SSSR count). The van der Waals surface area contributed by atoms with Crippen LogP contribution in [-0.4, -0.2) is 41.0 Å². The van der Waals surface area contributed by atoms with Crippen LogP contribution < -0.4 is 0 Å². The van der Waals surface area contributed by atoms with Crippen molar-refractivity contribution >= 4 is 19.8 Å². The van der Waals surface area contributed by atoms with Gasteiger partial charge in [0.05, 0.1) is 6.61 Å². The lowest BCUT2D eigenvalue weighted by atomic mass is 9.99. The minimum Gasteiger partial charge on any atom is -0.462 e. The summed E-state index contributed by atoms with van der Waals surface area (Å²) in [5.74, 6) is 0.00214. The minimum atomic E-state index is -4.73. The first kappa shape index (κ1) is 42.0. The van der Waals surface area contributed by atoms with Crippen molar-refractivity contribution < 1.29 is 37.9 Å². The number of carbonyl (C=O) groups excluding carboxylic acids is 2. The Morgan fingerprint density at radius 1 is 0.605 bits per heavy atom. The monoisotopic (exact) mass is 634 g/mol. The molecule has 0 radical (unpaired) electrons. The first-order chi connectivity index (χ1) is 20.7. The second-order valence-electron chi connectivity index (χ2n) is 12.5. The van der Waals surface area contributed by atoms with E-state index in [2.05, 4.69) is 25.3 Å². The van der Waals surface area contributed by atoms with Gasteiger partial charge in [0.2, 0.25) is 0 Å². The maximum atomic E-state index is 12.2. The van der Waals surface area contributed by atoms with Crippen LogP contribution in [0.25, 0.3) is 0 Å². The van der Waals surface area contributed by atoms with Gasteiger partial charge in [-0.1, -0.05) is 156 Å². The van der Waals surface area contributed by atoms with Crippen LogP contribution in [0.4, 0.5) is 0 Å². The van der Waals surface area contributed by atoms with Crippen molar-refractivity contribution in [1.82, 2.24) is 0 Å². The number of hydrogen-bond donors (Lipinski definition) is 2. The van der Waals surface area contributed by atoms with E-state index in [-0.39, 0.29) is 19.4 Å². The van der Waals surface area contributed by atoms with E-state index in [0.717, 1.165) is 44.4 Å². The Morgan fingerprint density at radius 3 is 1.47 bits per heavy atom. The second-order valence-corrected chi connectivity index (χ2v) is 13.7. The Hall–Kier alpha value is -0.950. The Morgan fingerprint density at radius 2 is 1.02 bits per heavy atom. The molecule has 8 nitrogen and oxygen atoms in total. The largest absolute Gasteiger partial charge is 0.469 e. The zero-order valence-electron chi connectivity index (χ0n) is 28.0. The summed E-state index contributed by atoms with van der Waals surface area (Å²) >= 11 is 0. The molecule has 0 fully saturated rings. The van der Waals surface area contributed by atoms with Crippen LogP contribution in [0.5, 0.6) is 0 Å². The van der Waals surface area contributed by atoms with Crippen LogP contribution in [0, 0.1) is 5.92 Å². The maximum Gasteiger partial charge on any atom is 0.469 e. The van der Waals surface area contributed by atoms with E-state index in [1.54, 1.807) is 0 Å². The standard InChI is InChI=1S/C34H67O8P/c1-4-6-7-8-17-22-25-28-34(36)42-32(30-41-43(37,38)39)29-40-33(35)27-24-21-19-16-14-12-10-9-11-13-15-18-20-23-26-31(3)5-2/h31-32H,4-30H2,1-3H3,(H2,37,38,39)/t31?,32-/m1/s1. The molecule has 0 aromatic rings. The third-order valence-electron chi connectivity index (χ3n) is 8.17. The average molecular weight is 635 g/mol. The fourth-order valence-electron chi connectivity index (χ4n) is 5.11. The molecule has 0 aromatic heterocycles. The number of unbranched alkanes of at least 4 members (excludes halogenated alkanes) is 19. The number of carbonyl (C=O) groups is 2. The Kier molecular flexibility index (Phi) is 29.1. The van der Waals surface area contributed by atoms with Crippen LogP contribution in [-0.2, 0) is 28.2 Å². The molecule has 0 aliphatic heterocycles. The fraction of sp³-hybridized carbons (Fsp3) is 0.941. The first-order valence-electron chi connectivity index (χ1n) is 17.7. The highest BCUT2D eigenvalue weighted by Crippen LogP contribution is 2.36. The zero-order valence-corrected chi connectivity index (χ0v) is 28.9. The molecule has 2 N–H and O–H groups in total. The Bertz CT molecular complexity index is 696. The first-order valence-corrected chi connectivity index (χ1v) is 19.3. The van der Waals surface area contributed by atoms with E-state index in [9.17, 15) is 14.2 Å². The highest BCUT2D eigenvalue weighted by atomic mass is 31.2. The number of phosphoric ester groups is 1. The molecule has 0 heterocycles. The van der Waals surface area contributed by atoms with Crippen molar-refractivity contribution in [2.24, 2.45) is 5.92 Å². The van der Waals surface area contributed by atoms with E-state index >= 15 is 0 Å². The van der Waals surface area contributed by atoms with Crippen LogP contribution in [0.15, 0.2) is 0 Å². The van der Waals surface area contributed by atoms with Gasteiger partial charge in [-0.3, -0.25) is 14.1 Å². The lowest BCUT2D eigenvalue weighted by Crippen LogP contribution is -2.29. The molecule has 0 aliphatic rings. The third-order valence-corrected chi connectivity index (χ3v) is 8.65. The van der Waals surface area contributed by atoms with Crippen LogP contribution >= 0.6 is 7.82 Å². The molecular formula is C34H67O8P. The number of esters is 2. The molecule has 0 saturated carbocycles. The van der Waals surface area contributed by atoms with Gasteiger partial charge in [-0.2, -0.15) is 0 Å². The van der Waals surface area contributed by atoms with Crippen molar-refractivity contribution in [3.63, 3.8) is 0 Å². The number of hydrogen-bond acceptors (Lipinski definition) is 6. The average Bonchev–Trinajstić information content (AvgIpc) is 2.97. The third kappa shape index (κ3) is 32.3. The normalized spacial score (nSPS) is 13.1. The van der Waals surface area contributed by atoms with Gasteiger partial charge >= 0.3 is 19.8 Å². The zero-order chi connectivity index (χ0) is 32.0. The van der Waals surface area contributed by atoms with Gasteiger partial charge in [0.15, 0.2) is 6.10 Å². The molecule has 1 unspecified atom stereocenters. The molecule has 0 saturated heterocycles. The van der Waals surface area contributed by atoms with Crippen LogP contribution in [0.1, 0.15) is 181 Å². The molecule has 9 heteroatoms. The predicted molar refractivity (Wildman–Crippen MR) is 175 cm³/mol. The molecule has 256 valence electrons. The van der Waals surface area contributed by atoms with Gasteiger partial charge in [-0.25, -0.2) is 4.57 Å². The molecule has 2 atom stereocenters. The van der Waals surface area contributed by atoms with Gasteiger partial charge < -0.3 is 19.3 Å². The summed E-state index contributed by atoms with van der Waals surface area (Å²) in [5.41, 5.74) is 0. The van der Waals surface area contributed by atoms with Crippen molar-refractivity contribution in [3.8, 4) is 0 Å². The van der Waals surface area contributed by atoms with Crippen LogP contribution in [0.3, 0.4) is 0 Å². The Balaban J connectivity index is 3.84. The van der Waals surface area contributed by atoms with E-state index < -0.39 is 32.5 Å². The summed E-state index contributed by atoms with van der Waals surface area (Å²) in [7, 11) is -4.73. The molecule has 0 spiro atoms. The van der Waals surface area contributed by atoms with Gasteiger partial charge in [0.1, 0.15) is 6.61 Å². The van der Waals surface area contributed by atoms with Crippen molar-refractivity contribution in [1.29, 1.82) is 0 Å². The van der Waals surface area contributed by atoms with Gasteiger partial charge in [0.25, 0.3) is 0 Å². The van der Waals surface area contributed by atoms with Gasteiger partial charge in [-0.15, -0.1) is 0 Å². The lowest BCUT2D eigenvalue weighted by molar-refractivity contribution is -0.161. The molecule has 0 aromatic carbocycles. The Labute approximate surface area is 264 Å². The van der Waals surface area contributed by atoms with Crippen molar-refractivity contribution in [3.05, 3.63) is 0 Å². The summed E-state index contributed by atoms with van der Waals surface area (Å²) < 4.78 is 26.1. The summed E-state index contributed by atoms with van der Waals surface area (Å²) in [4.78, 5) is 42.4. The fourth-order valence-corrected chi connectivity index (χ4v) is 5.47. The second kappa shape index (κ2) is 29.7. The molecule has 0 bridgehead atoms. The number of phosphoric acid groups is 1. The maximum absolute atomic E-state index is 12.2. The van der Waals surface area contributed by atoms with E-state index in [4.69, 9.17) is 19.3 Å². The van der Waals surface area contributed by atoms with E-state index in [0.29, 0.717) is 6.42 Å². The summed E-state index contributed by atoms with van der Waals surface area (Å²) in [6.07, 6.45) is 27.0. The quantitative estimate of drug-likeness (QED) is 0.0426. The lowest BCUT2D eigenvalue weighted by Gasteiger charge is -2.18. The summed E-state index contributed by atoms with van der Waals surface area (Å²) in [6.45, 7) is 6.00. The predicted octanol–water partition coefficient (Wildman–Crippen LogP) is 9.98. The summed E-state index contributed by atoms with van der Waals surface area (Å²) in [6, 6.07) is 0.